The minimum absolute atomic E-state index is 0.00798. The Hall–Kier alpha value is -2.42. The van der Waals surface area contributed by atoms with Crippen LogP contribution in [-0.4, -0.2) is 32.3 Å². The maximum Gasteiger partial charge on any atom is 0.237 e. The Balaban J connectivity index is 1.63. The topological polar surface area (TPSA) is 103 Å². The number of carbonyl (C=O) groups is 2. The third-order valence-electron chi connectivity index (χ3n) is 3.79. The molecule has 1 heterocycles. The van der Waals surface area contributed by atoms with Gasteiger partial charge in [0.25, 0.3) is 0 Å². The number of primary amides is 1. The number of benzene rings is 1. The third-order valence-corrected chi connectivity index (χ3v) is 4.76. The number of thioether (sulfide) groups is 1. The molecule has 0 saturated heterocycles. The van der Waals surface area contributed by atoms with Crippen molar-refractivity contribution in [3.63, 3.8) is 0 Å². The molecular formula is C16H18FN5O2S. The molecule has 0 radical (unpaired) electrons. The number of aryl methyl sites for hydroxylation is 1. The number of nitrogens with two attached hydrogens (primary N) is 1. The van der Waals surface area contributed by atoms with Crippen LogP contribution in [-0.2, 0) is 16.1 Å². The number of aromatic nitrogens is 3. The molecule has 1 saturated carbocycles. The summed E-state index contributed by atoms with van der Waals surface area (Å²) in [4.78, 5) is 23.3. The monoisotopic (exact) mass is 363 g/mol. The first-order valence-electron chi connectivity index (χ1n) is 7.84. The minimum Gasteiger partial charge on any atom is -0.368 e. The molecule has 9 heteroatoms. The molecule has 1 aromatic heterocycles. The Kier molecular flexibility index (Phi) is 5.03. The molecule has 0 atom stereocenters. The number of amides is 2. The van der Waals surface area contributed by atoms with Crippen molar-refractivity contribution in [2.75, 3.05) is 11.1 Å². The number of hydrogen-bond donors (Lipinski definition) is 2. The zero-order chi connectivity index (χ0) is 18.0. The highest BCUT2D eigenvalue weighted by atomic mass is 32.2. The maximum atomic E-state index is 13.5. The molecular weight excluding hydrogens is 345 g/mol. The number of nitrogens with zero attached hydrogens (tertiary/aromatic N) is 3. The van der Waals surface area contributed by atoms with E-state index in [1.165, 1.54) is 17.8 Å². The van der Waals surface area contributed by atoms with Crippen LogP contribution in [0.5, 0.6) is 0 Å². The van der Waals surface area contributed by atoms with Gasteiger partial charge in [-0.3, -0.25) is 14.2 Å². The van der Waals surface area contributed by atoms with Crippen molar-refractivity contribution in [1.82, 2.24) is 14.8 Å². The molecule has 1 aliphatic carbocycles. The standard InChI is InChI=1S/C16H18FN5O2S/c1-9-2-5-11(6-12(9)17)19-14(24)8-25-16-21-20-15(10-3-4-10)22(16)7-13(18)23/h2,5-6,10H,3-4,7-8H2,1H3,(H2,18,23)(H,19,24). The van der Waals surface area contributed by atoms with Gasteiger partial charge >= 0.3 is 0 Å². The molecule has 0 unspecified atom stereocenters. The smallest absolute Gasteiger partial charge is 0.237 e. The average Bonchev–Trinajstić information content (AvgIpc) is 3.31. The molecule has 1 aliphatic rings. The Labute approximate surface area is 148 Å². The van der Waals surface area contributed by atoms with Crippen LogP contribution in [0.3, 0.4) is 0 Å². The first-order chi connectivity index (χ1) is 11.9. The molecule has 1 fully saturated rings. The van der Waals surface area contributed by atoms with Crippen LogP contribution in [0, 0.1) is 12.7 Å². The number of anilines is 1. The lowest BCUT2D eigenvalue weighted by Crippen LogP contribution is -2.21. The molecule has 0 spiro atoms. The van der Waals surface area contributed by atoms with Gasteiger partial charge in [0, 0.05) is 11.6 Å². The molecule has 1 aromatic carbocycles. The van der Waals surface area contributed by atoms with Crippen LogP contribution in [0.1, 0.15) is 30.1 Å². The number of halogens is 1. The van der Waals surface area contributed by atoms with Crippen LogP contribution >= 0.6 is 11.8 Å². The largest absolute Gasteiger partial charge is 0.368 e. The number of carbonyl (C=O) groups excluding carboxylic acids is 2. The normalized spacial score (nSPS) is 13.7. The van der Waals surface area contributed by atoms with E-state index in [1.54, 1.807) is 23.6 Å². The summed E-state index contributed by atoms with van der Waals surface area (Å²) in [7, 11) is 0. The number of rotatable bonds is 7. The molecule has 132 valence electrons. The van der Waals surface area contributed by atoms with E-state index in [9.17, 15) is 14.0 Å². The highest BCUT2D eigenvalue weighted by Crippen LogP contribution is 2.40. The van der Waals surface area contributed by atoms with Crippen molar-refractivity contribution in [2.45, 2.75) is 37.4 Å². The molecule has 3 N–H and O–H groups in total. The first kappa shape index (κ1) is 17.4. The van der Waals surface area contributed by atoms with Gasteiger partial charge < -0.3 is 11.1 Å². The summed E-state index contributed by atoms with van der Waals surface area (Å²) < 4.78 is 15.2. The molecule has 25 heavy (non-hydrogen) atoms. The van der Waals surface area contributed by atoms with Crippen molar-refractivity contribution < 1.29 is 14.0 Å². The van der Waals surface area contributed by atoms with Crippen molar-refractivity contribution in [3.8, 4) is 0 Å². The number of nitrogens with one attached hydrogen (secondary N) is 1. The van der Waals surface area contributed by atoms with Gasteiger partial charge in [0.1, 0.15) is 18.2 Å². The molecule has 3 rings (SSSR count). The van der Waals surface area contributed by atoms with Gasteiger partial charge in [-0.2, -0.15) is 0 Å². The van der Waals surface area contributed by atoms with Crippen LogP contribution in [0.2, 0.25) is 0 Å². The Morgan fingerprint density at radius 3 is 2.80 bits per heavy atom. The molecule has 0 bridgehead atoms. The summed E-state index contributed by atoms with van der Waals surface area (Å²) in [5.41, 5.74) is 6.19. The van der Waals surface area contributed by atoms with Gasteiger partial charge in [0.2, 0.25) is 11.8 Å². The predicted molar refractivity (Wildman–Crippen MR) is 91.7 cm³/mol. The SMILES string of the molecule is Cc1ccc(NC(=O)CSc2nnc(C3CC3)n2CC(N)=O)cc1F. The predicted octanol–water partition coefficient (Wildman–Crippen LogP) is 1.82. The molecule has 7 nitrogen and oxygen atoms in total. The fourth-order valence-electron chi connectivity index (χ4n) is 2.35. The van der Waals surface area contributed by atoms with E-state index in [4.69, 9.17) is 5.73 Å². The maximum absolute atomic E-state index is 13.5. The van der Waals surface area contributed by atoms with Crippen molar-refractivity contribution >= 4 is 29.3 Å². The zero-order valence-corrected chi connectivity index (χ0v) is 14.5. The van der Waals surface area contributed by atoms with E-state index < -0.39 is 5.91 Å². The van der Waals surface area contributed by atoms with Crippen LogP contribution < -0.4 is 11.1 Å². The number of hydrogen-bond acceptors (Lipinski definition) is 5. The summed E-state index contributed by atoms with van der Waals surface area (Å²) in [6.45, 7) is 1.64. The van der Waals surface area contributed by atoms with Crippen LogP contribution in [0.25, 0.3) is 0 Å². The third kappa shape index (κ3) is 4.36. The van der Waals surface area contributed by atoms with Gasteiger partial charge in [-0.25, -0.2) is 4.39 Å². The highest BCUT2D eigenvalue weighted by Gasteiger charge is 2.31. The summed E-state index contributed by atoms with van der Waals surface area (Å²) in [6.07, 6.45) is 2.03. The fourth-order valence-corrected chi connectivity index (χ4v) is 3.10. The average molecular weight is 363 g/mol. The van der Waals surface area contributed by atoms with E-state index in [0.717, 1.165) is 18.7 Å². The summed E-state index contributed by atoms with van der Waals surface area (Å²) in [5, 5.41) is 11.3. The van der Waals surface area contributed by atoms with Crippen molar-refractivity contribution in [1.29, 1.82) is 0 Å². The molecule has 0 aliphatic heterocycles. The lowest BCUT2D eigenvalue weighted by atomic mass is 10.2. The van der Waals surface area contributed by atoms with E-state index in [-0.39, 0.29) is 24.0 Å². The van der Waals surface area contributed by atoms with E-state index in [1.807, 2.05) is 0 Å². The van der Waals surface area contributed by atoms with Gasteiger partial charge in [-0.1, -0.05) is 17.8 Å². The lowest BCUT2D eigenvalue weighted by Gasteiger charge is -2.08. The fraction of sp³-hybridized carbons (Fsp3) is 0.375. The van der Waals surface area contributed by atoms with Gasteiger partial charge in [-0.15, -0.1) is 10.2 Å². The second-order valence-corrected chi connectivity index (χ2v) is 6.91. The molecule has 2 aromatic rings. The van der Waals surface area contributed by atoms with E-state index >= 15 is 0 Å². The highest BCUT2D eigenvalue weighted by molar-refractivity contribution is 7.99. The van der Waals surface area contributed by atoms with Gasteiger partial charge in [-0.05, 0) is 37.5 Å². The van der Waals surface area contributed by atoms with Gasteiger partial charge in [0.15, 0.2) is 5.16 Å². The summed E-state index contributed by atoms with van der Waals surface area (Å²) in [5.74, 6) is -0.0385. The Morgan fingerprint density at radius 1 is 1.40 bits per heavy atom. The Morgan fingerprint density at radius 2 is 2.16 bits per heavy atom. The second kappa shape index (κ2) is 7.22. The second-order valence-electron chi connectivity index (χ2n) is 5.97. The first-order valence-corrected chi connectivity index (χ1v) is 8.83. The summed E-state index contributed by atoms with van der Waals surface area (Å²) in [6, 6.07) is 4.52. The van der Waals surface area contributed by atoms with Crippen LogP contribution in [0.15, 0.2) is 23.4 Å². The van der Waals surface area contributed by atoms with Gasteiger partial charge in [0.05, 0.1) is 5.75 Å². The summed E-state index contributed by atoms with van der Waals surface area (Å²) >= 11 is 1.17. The molecule has 2 amide bonds. The van der Waals surface area contributed by atoms with Crippen molar-refractivity contribution in [3.05, 3.63) is 35.4 Å². The lowest BCUT2D eigenvalue weighted by molar-refractivity contribution is -0.118. The quantitative estimate of drug-likeness (QED) is 0.731. The van der Waals surface area contributed by atoms with Crippen LogP contribution in [0.4, 0.5) is 10.1 Å². The zero-order valence-electron chi connectivity index (χ0n) is 13.7. The van der Waals surface area contributed by atoms with E-state index in [2.05, 4.69) is 15.5 Å². The Bertz CT molecular complexity index is 819. The minimum atomic E-state index is -0.483. The van der Waals surface area contributed by atoms with Crippen molar-refractivity contribution in [2.24, 2.45) is 5.73 Å². The van der Waals surface area contributed by atoms with E-state index in [0.29, 0.717) is 22.3 Å².